The van der Waals surface area contributed by atoms with Crippen LogP contribution in [0.5, 0.6) is 0 Å². The van der Waals surface area contributed by atoms with Gasteiger partial charge in [-0.25, -0.2) is 25.3 Å². The van der Waals surface area contributed by atoms with Crippen molar-refractivity contribution >= 4 is 31.2 Å². The van der Waals surface area contributed by atoms with Crippen LogP contribution >= 0.6 is 0 Å². The molecule has 0 aliphatic rings. The molecule has 0 radical (unpaired) electrons. The van der Waals surface area contributed by atoms with Gasteiger partial charge in [-0.05, 0) is 20.8 Å². The number of hydrogen-bond acceptors (Lipinski definition) is 12. The molecular formula is C6H15EuO12S3. The van der Waals surface area contributed by atoms with Gasteiger partial charge in [0.25, 0.3) is 0 Å². The predicted octanol–water partition coefficient (Wildman–Crippen LogP) is -1.55. The van der Waals surface area contributed by atoms with Crippen LogP contribution in [0, 0.1) is 49.4 Å². The van der Waals surface area contributed by atoms with Gasteiger partial charge in [0.1, 0.15) is 0 Å². The van der Waals surface area contributed by atoms with E-state index in [-0.39, 0.29) is 69.2 Å². The van der Waals surface area contributed by atoms with Gasteiger partial charge in [-0.3, -0.25) is 12.5 Å². The van der Waals surface area contributed by atoms with Crippen LogP contribution in [0.3, 0.4) is 0 Å². The van der Waals surface area contributed by atoms with E-state index in [0.29, 0.717) is 0 Å². The third-order valence-electron chi connectivity index (χ3n) is 0.787. The van der Waals surface area contributed by atoms with Crippen LogP contribution in [0.15, 0.2) is 0 Å². The van der Waals surface area contributed by atoms with Gasteiger partial charge in [0, 0.05) is 0 Å². The van der Waals surface area contributed by atoms with Crippen LogP contribution in [0.2, 0.25) is 0 Å². The van der Waals surface area contributed by atoms with Crippen molar-refractivity contribution in [3.8, 4) is 0 Å². The second-order valence-electron chi connectivity index (χ2n) is 2.44. The predicted molar refractivity (Wildman–Crippen MR) is 64.0 cm³/mol. The molecule has 0 amide bonds. The van der Waals surface area contributed by atoms with Crippen LogP contribution in [0.25, 0.3) is 0 Å². The summed E-state index contributed by atoms with van der Waals surface area (Å²) >= 11 is 0. The van der Waals surface area contributed by atoms with Crippen LogP contribution in [0.1, 0.15) is 20.8 Å². The van der Waals surface area contributed by atoms with Gasteiger partial charge < -0.3 is 13.7 Å². The Kier molecular flexibility index (Phi) is 22.1. The molecular weight excluding hydrogens is 512 g/mol. The second-order valence-corrected chi connectivity index (χ2v) is 5.60. The summed E-state index contributed by atoms with van der Waals surface area (Å²) in [6.45, 7) is 4.00. The topological polar surface area (TPSA) is 199 Å². The van der Waals surface area contributed by atoms with E-state index in [1.807, 2.05) is 0 Å². The van der Waals surface area contributed by atoms with Crippen molar-refractivity contribution < 1.29 is 101 Å². The zero-order valence-electron chi connectivity index (χ0n) is 11.6. The minimum atomic E-state index is -4.42. The summed E-state index contributed by atoms with van der Waals surface area (Å²) in [5.74, 6) is 0. The van der Waals surface area contributed by atoms with E-state index >= 15 is 0 Å². The molecule has 0 aliphatic carbocycles. The Morgan fingerprint density at radius 2 is 0.727 bits per heavy atom. The van der Waals surface area contributed by atoms with Gasteiger partial charge in [-0.15, -0.1) is 0 Å². The van der Waals surface area contributed by atoms with Gasteiger partial charge in [0.2, 0.25) is 31.2 Å². The van der Waals surface area contributed by atoms with E-state index in [1.54, 1.807) is 0 Å². The van der Waals surface area contributed by atoms with E-state index in [2.05, 4.69) is 12.5 Å². The third-order valence-corrected chi connectivity index (χ3v) is 2.36. The first kappa shape index (κ1) is 31.0. The molecule has 0 atom stereocenters. The number of hydrogen-bond donors (Lipinski definition) is 0. The Balaban J connectivity index is -0.000000108. The standard InChI is InChI=1S/3C2H6O4S.Eu/c3*1-2-6-7(3,4)5;/h3*2H2,1H3,(H,3,4,5);/q;;;+3/p-3. The van der Waals surface area contributed by atoms with E-state index < -0.39 is 31.2 Å². The maximum Gasteiger partial charge on any atom is 3.00 e. The Hall–Kier alpha value is 1.19. The maximum absolute atomic E-state index is 9.45. The Morgan fingerprint density at radius 1 is 0.591 bits per heavy atom. The molecule has 0 aromatic rings. The first-order valence-electron chi connectivity index (χ1n) is 4.99. The van der Waals surface area contributed by atoms with Crippen LogP contribution in [-0.4, -0.2) is 58.7 Å². The molecule has 12 nitrogen and oxygen atoms in total. The van der Waals surface area contributed by atoms with Crippen molar-refractivity contribution in [3.63, 3.8) is 0 Å². The molecule has 0 spiro atoms. The molecule has 0 N–H and O–H groups in total. The van der Waals surface area contributed by atoms with E-state index in [4.69, 9.17) is 0 Å². The summed E-state index contributed by atoms with van der Waals surface area (Å²) in [5, 5.41) is 0. The quantitative estimate of drug-likeness (QED) is 0.285. The maximum atomic E-state index is 9.45. The molecule has 0 heterocycles. The SMILES string of the molecule is CCOS(=O)(=O)[O-].CCOS(=O)(=O)[O-].CCOS(=O)(=O)[O-].[Eu+3]. The zero-order valence-corrected chi connectivity index (χ0v) is 16.5. The summed E-state index contributed by atoms with van der Waals surface area (Å²) in [7, 11) is -13.3. The normalized spacial score (nSPS) is 11.2. The molecule has 22 heavy (non-hydrogen) atoms. The fourth-order valence-electron chi connectivity index (χ4n) is 0.433. The fraction of sp³-hybridized carbons (Fsp3) is 1.00. The van der Waals surface area contributed by atoms with Crippen LogP contribution in [0.4, 0.5) is 0 Å². The van der Waals surface area contributed by atoms with Crippen molar-refractivity contribution in [2.45, 2.75) is 20.8 Å². The van der Waals surface area contributed by atoms with Gasteiger partial charge in [0.05, 0.1) is 19.8 Å². The van der Waals surface area contributed by atoms with Crippen LogP contribution in [-0.2, 0) is 43.7 Å². The first-order valence-corrected chi connectivity index (χ1v) is 8.99. The fourth-order valence-corrected chi connectivity index (χ4v) is 1.30. The molecule has 0 saturated heterocycles. The van der Waals surface area contributed by atoms with Gasteiger partial charge >= 0.3 is 49.4 Å². The van der Waals surface area contributed by atoms with Gasteiger partial charge in [-0.1, -0.05) is 0 Å². The van der Waals surface area contributed by atoms with E-state index in [1.165, 1.54) is 20.8 Å². The average molecular weight is 527 g/mol. The summed E-state index contributed by atoms with van der Waals surface area (Å²) in [4.78, 5) is 0. The van der Waals surface area contributed by atoms with Crippen molar-refractivity contribution in [2.24, 2.45) is 0 Å². The molecule has 0 aliphatic heterocycles. The van der Waals surface area contributed by atoms with Crippen LogP contribution < -0.4 is 0 Å². The third kappa shape index (κ3) is 49.6. The zero-order chi connectivity index (χ0) is 17.7. The molecule has 0 rings (SSSR count). The summed E-state index contributed by atoms with van der Waals surface area (Å²) in [6, 6.07) is 0. The monoisotopic (exact) mass is 528 g/mol. The van der Waals surface area contributed by atoms with Crippen molar-refractivity contribution in [3.05, 3.63) is 0 Å². The minimum absolute atomic E-state index is 0. The first-order chi connectivity index (χ1) is 9.18. The van der Waals surface area contributed by atoms with Crippen molar-refractivity contribution in [2.75, 3.05) is 19.8 Å². The summed E-state index contributed by atoms with van der Waals surface area (Å²) < 4.78 is 96.0. The summed E-state index contributed by atoms with van der Waals surface area (Å²) in [6.07, 6.45) is 0. The molecule has 0 saturated carbocycles. The molecule has 0 unspecified atom stereocenters. The van der Waals surface area contributed by atoms with E-state index in [0.717, 1.165) is 0 Å². The van der Waals surface area contributed by atoms with Crippen molar-refractivity contribution in [1.29, 1.82) is 0 Å². The van der Waals surface area contributed by atoms with E-state index in [9.17, 15) is 38.9 Å². The number of rotatable bonds is 6. The largest absolute Gasteiger partial charge is 3.00 e. The minimum Gasteiger partial charge on any atom is -0.726 e. The molecule has 0 aromatic heterocycles. The Labute approximate surface area is 170 Å². The molecule has 0 fully saturated rings. The second kappa shape index (κ2) is 15.7. The molecule has 0 aromatic carbocycles. The Morgan fingerprint density at radius 3 is 0.727 bits per heavy atom. The average Bonchev–Trinajstić information content (AvgIpc) is 2.12. The van der Waals surface area contributed by atoms with Crippen molar-refractivity contribution in [1.82, 2.24) is 0 Å². The smallest absolute Gasteiger partial charge is 0.726 e. The van der Waals surface area contributed by atoms with Gasteiger partial charge in [-0.2, -0.15) is 0 Å². The molecule has 136 valence electrons. The molecule has 0 bridgehead atoms. The molecule has 16 heteroatoms. The summed E-state index contributed by atoms with van der Waals surface area (Å²) in [5.41, 5.74) is 0. The Bertz CT molecular complexity index is 455. The van der Waals surface area contributed by atoms with Gasteiger partial charge in [0.15, 0.2) is 0 Å².